The third kappa shape index (κ3) is 4.09. The summed E-state index contributed by atoms with van der Waals surface area (Å²) in [5, 5.41) is 11.9. The topological polar surface area (TPSA) is 66.3 Å². The molecular weight excluding hydrogens is 294 g/mol. The van der Waals surface area contributed by atoms with Crippen LogP contribution in [-0.2, 0) is 17.8 Å². The van der Waals surface area contributed by atoms with Crippen LogP contribution in [0.25, 0.3) is 0 Å². The Hall–Kier alpha value is -1.31. The minimum Gasteiger partial charge on any atom is -0.395 e. The van der Waals surface area contributed by atoms with Crippen LogP contribution in [0.5, 0.6) is 0 Å². The lowest BCUT2D eigenvalue weighted by Gasteiger charge is -2.20. The van der Waals surface area contributed by atoms with Crippen LogP contribution >= 0.6 is 22.7 Å². The number of hydrogen-bond donors (Lipinski definition) is 1. The average Bonchev–Trinajstić information content (AvgIpc) is 3.07. The highest BCUT2D eigenvalue weighted by atomic mass is 32.1. The van der Waals surface area contributed by atoms with Crippen LogP contribution in [0.1, 0.15) is 22.0 Å². The van der Waals surface area contributed by atoms with E-state index in [0.29, 0.717) is 25.9 Å². The zero-order valence-corrected chi connectivity index (χ0v) is 12.9. The molecule has 0 aliphatic rings. The fraction of sp³-hybridized carbons (Fsp3) is 0.462. The molecule has 0 radical (unpaired) electrons. The largest absolute Gasteiger partial charge is 0.395 e. The van der Waals surface area contributed by atoms with E-state index < -0.39 is 0 Å². The predicted molar refractivity (Wildman–Crippen MR) is 79.8 cm³/mol. The minimum atomic E-state index is -0.0311. The Morgan fingerprint density at radius 1 is 1.40 bits per heavy atom. The van der Waals surface area contributed by atoms with Crippen molar-refractivity contribution in [3.63, 3.8) is 0 Å². The van der Waals surface area contributed by atoms with Gasteiger partial charge in [0.15, 0.2) is 0 Å². The van der Waals surface area contributed by atoms with E-state index in [1.165, 1.54) is 11.3 Å². The molecule has 0 aliphatic carbocycles. The van der Waals surface area contributed by atoms with Crippen LogP contribution in [0.3, 0.4) is 0 Å². The molecule has 0 atom stereocenters. The van der Waals surface area contributed by atoms with Crippen LogP contribution in [-0.4, -0.2) is 39.0 Å². The Kier molecular flexibility index (Phi) is 5.63. The van der Waals surface area contributed by atoms with E-state index in [9.17, 15) is 4.79 Å². The van der Waals surface area contributed by atoms with Gasteiger partial charge in [0.05, 0.1) is 24.4 Å². The second kappa shape index (κ2) is 7.47. The lowest BCUT2D eigenvalue weighted by atomic mass is 10.2. The molecule has 5 nitrogen and oxygen atoms in total. The summed E-state index contributed by atoms with van der Waals surface area (Å²) < 4.78 is 0. The number of carbonyl (C=O) groups is 1. The molecule has 20 heavy (non-hydrogen) atoms. The fourth-order valence-electron chi connectivity index (χ4n) is 1.85. The molecule has 2 rings (SSSR count). The van der Waals surface area contributed by atoms with E-state index in [0.717, 1.165) is 15.6 Å². The van der Waals surface area contributed by atoms with Crippen molar-refractivity contribution >= 4 is 28.6 Å². The number of aryl methyl sites for hydroxylation is 2. The lowest BCUT2D eigenvalue weighted by molar-refractivity contribution is -0.132. The Morgan fingerprint density at radius 3 is 2.85 bits per heavy atom. The van der Waals surface area contributed by atoms with Crippen LogP contribution in [0.2, 0.25) is 0 Å². The van der Waals surface area contributed by atoms with Gasteiger partial charge in [0.25, 0.3) is 0 Å². The highest BCUT2D eigenvalue weighted by Gasteiger charge is 2.15. The second-order valence-electron chi connectivity index (χ2n) is 4.33. The van der Waals surface area contributed by atoms with Crippen molar-refractivity contribution in [2.75, 3.05) is 13.2 Å². The van der Waals surface area contributed by atoms with Crippen LogP contribution in [0, 0.1) is 6.92 Å². The molecule has 0 aromatic carbocycles. The number of aromatic nitrogens is 2. The van der Waals surface area contributed by atoms with E-state index in [1.807, 2.05) is 12.3 Å². The van der Waals surface area contributed by atoms with Gasteiger partial charge in [0, 0.05) is 29.4 Å². The van der Waals surface area contributed by atoms with Gasteiger partial charge in [-0.3, -0.25) is 4.79 Å². The Labute approximate surface area is 125 Å². The first-order valence-corrected chi connectivity index (χ1v) is 8.12. The minimum absolute atomic E-state index is 0.0311. The van der Waals surface area contributed by atoms with Crippen molar-refractivity contribution in [2.45, 2.75) is 26.3 Å². The number of aliphatic hydroxyl groups excluding tert-OH is 1. The van der Waals surface area contributed by atoms with Gasteiger partial charge in [-0.15, -0.1) is 22.7 Å². The predicted octanol–water partition coefficient (Wildman–Crippen LogP) is 1.86. The van der Waals surface area contributed by atoms with Gasteiger partial charge in [-0.1, -0.05) is 0 Å². The number of carbonyl (C=O) groups excluding carboxylic acids is 1. The van der Waals surface area contributed by atoms with Crippen molar-refractivity contribution < 1.29 is 9.90 Å². The van der Waals surface area contributed by atoms with Gasteiger partial charge in [0.1, 0.15) is 5.01 Å². The normalized spacial score (nSPS) is 10.7. The first kappa shape index (κ1) is 15.1. The molecule has 2 aromatic heterocycles. The van der Waals surface area contributed by atoms with Crippen LogP contribution in [0.4, 0.5) is 0 Å². The molecule has 0 spiro atoms. The molecular formula is C13H17N3O2S2. The maximum absolute atomic E-state index is 12.2. The lowest BCUT2D eigenvalue weighted by Crippen LogP contribution is -2.33. The van der Waals surface area contributed by atoms with E-state index in [-0.39, 0.29) is 12.5 Å². The third-order valence-electron chi connectivity index (χ3n) is 2.94. The summed E-state index contributed by atoms with van der Waals surface area (Å²) in [4.78, 5) is 23.4. The Balaban J connectivity index is 1.91. The monoisotopic (exact) mass is 311 g/mol. The summed E-state index contributed by atoms with van der Waals surface area (Å²) in [5.41, 5.74) is 2.80. The Morgan fingerprint density at radius 2 is 2.25 bits per heavy atom. The SMILES string of the molecule is Cc1ncsc1CCC(=O)N(CCO)Cc1nccs1. The zero-order valence-electron chi connectivity index (χ0n) is 11.3. The average molecular weight is 311 g/mol. The quantitative estimate of drug-likeness (QED) is 0.847. The van der Waals surface area contributed by atoms with E-state index in [4.69, 9.17) is 5.11 Å². The van der Waals surface area contributed by atoms with Crippen molar-refractivity contribution in [2.24, 2.45) is 0 Å². The number of thiazole rings is 2. The molecule has 108 valence electrons. The standard InChI is InChI=1S/C13H17N3O2S2/c1-10-11(20-9-15-10)2-3-13(18)16(5-6-17)8-12-14-4-7-19-12/h4,7,9,17H,2-3,5-6,8H2,1H3. The molecule has 2 aromatic rings. The van der Waals surface area contributed by atoms with Gasteiger partial charge in [-0.2, -0.15) is 0 Å². The van der Waals surface area contributed by atoms with Gasteiger partial charge < -0.3 is 10.0 Å². The van der Waals surface area contributed by atoms with E-state index in [2.05, 4.69) is 9.97 Å². The summed E-state index contributed by atoms with van der Waals surface area (Å²) in [6.45, 7) is 2.74. The van der Waals surface area contributed by atoms with E-state index >= 15 is 0 Å². The summed E-state index contributed by atoms with van der Waals surface area (Å²) in [6.07, 6.45) is 2.87. The molecule has 0 unspecified atom stereocenters. The zero-order chi connectivity index (χ0) is 14.4. The van der Waals surface area contributed by atoms with Gasteiger partial charge in [-0.05, 0) is 13.3 Å². The molecule has 0 aliphatic heterocycles. The molecule has 1 N–H and O–H groups in total. The molecule has 0 bridgehead atoms. The second-order valence-corrected chi connectivity index (χ2v) is 6.24. The summed E-state index contributed by atoms with van der Waals surface area (Å²) >= 11 is 3.10. The highest BCUT2D eigenvalue weighted by molar-refractivity contribution is 7.09. The molecule has 1 amide bonds. The first-order valence-electron chi connectivity index (χ1n) is 6.36. The number of rotatable bonds is 7. The molecule has 2 heterocycles. The summed E-state index contributed by atoms with van der Waals surface area (Å²) in [7, 11) is 0. The smallest absolute Gasteiger partial charge is 0.223 e. The van der Waals surface area contributed by atoms with Crippen molar-refractivity contribution in [3.05, 3.63) is 32.7 Å². The third-order valence-corrected chi connectivity index (χ3v) is 4.70. The van der Waals surface area contributed by atoms with Crippen molar-refractivity contribution in [1.82, 2.24) is 14.9 Å². The molecule has 0 saturated heterocycles. The fourth-order valence-corrected chi connectivity index (χ4v) is 3.26. The molecule has 0 saturated carbocycles. The molecule has 0 fully saturated rings. The molecule has 7 heteroatoms. The summed E-state index contributed by atoms with van der Waals surface area (Å²) in [5.74, 6) is 0.0436. The first-order chi connectivity index (χ1) is 9.70. The van der Waals surface area contributed by atoms with Gasteiger partial charge >= 0.3 is 0 Å². The van der Waals surface area contributed by atoms with Crippen molar-refractivity contribution in [3.8, 4) is 0 Å². The van der Waals surface area contributed by atoms with Crippen LogP contribution < -0.4 is 0 Å². The maximum Gasteiger partial charge on any atom is 0.223 e. The number of hydrogen-bond acceptors (Lipinski definition) is 6. The maximum atomic E-state index is 12.2. The van der Waals surface area contributed by atoms with Gasteiger partial charge in [0.2, 0.25) is 5.91 Å². The summed E-state index contributed by atoms with van der Waals surface area (Å²) in [6, 6.07) is 0. The highest BCUT2D eigenvalue weighted by Crippen LogP contribution is 2.16. The number of aliphatic hydroxyl groups is 1. The van der Waals surface area contributed by atoms with Crippen molar-refractivity contribution in [1.29, 1.82) is 0 Å². The van der Waals surface area contributed by atoms with Crippen LogP contribution in [0.15, 0.2) is 17.1 Å². The number of amides is 1. The number of nitrogens with zero attached hydrogens (tertiary/aromatic N) is 3. The Bertz CT molecular complexity index is 540. The van der Waals surface area contributed by atoms with E-state index in [1.54, 1.807) is 27.9 Å². The van der Waals surface area contributed by atoms with Gasteiger partial charge in [-0.25, -0.2) is 9.97 Å².